The van der Waals surface area contributed by atoms with Gasteiger partial charge in [0.05, 0.1) is 4.92 Å². The predicted octanol–water partition coefficient (Wildman–Crippen LogP) is 4.11. The molecule has 0 fully saturated rings. The minimum Gasteiger partial charge on any atom is -0.361 e. The van der Waals surface area contributed by atoms with Gasteiger partial charge < -0.3 is 4.90 Å². The Morgan fingerprint density at radius 1 is 1.40 bits per heavy atom. The van der Waals surface area contributed by atoms with E-state index >= 15 is 0 Å². The number of hydrogen-bond donors (Lipinski definition) is 0. The smallest absolute Gasteiger partial charge is 0.292 e. The second-order valence-corrected chi connectivity index (χ2v) is 6.32. The van der Waals surface area contributed by atoms with Crippen LogP contribution in [-0.2, 0) is 18.3 Å². The molecule has 4 nitrogen and oxygen atoms in total. The molecule has 1 aliphatic heterocycles. The highest BCUT2D eigenvalue weighted by molar-refractivity contribution is 9.08. The summed E-state index contributed by atoms with van der Waals surface area (Å²) in [5.41, 5.74) is 3.13. The fourth-order valence-electron chi connectivity index (χ4n) is 2.52. The molecule has 6 heteroatoms. The van der Waals surface area contributed by atoms with Gasteiger partial charge in [-0.2, -0.15) is 0 Å². The quantitative estimate of drug-likeness (QED) is 0.474. The first-order valence-electron chi connectivity index (χ1n) is 6.32. The number of thiophene rings is 1. The van der Waals surface area contributed by atoms with Crippen LogP contribution in [-0.4, -0.2) is 11.5 Å². The van der Waals surface area contributed by atoms with E-state index in [1.165, 1.54) is 10.4 Å². The van der Waals surface area contributed by atoms with Gasteiger partial charge in [-0.1, -0.05) is 22.0 Å². The van der Waals surface area contributed by atoms with Crippen LogP contribution in [0.4, 0.5) is 11.4 Å². The topological polar surface area (TPSA) is 46.4 Å². The molecule has 0 saturated heterocycles. The third kappa shape index (κ3) is 2.45. The van der Waals surface area contributed by atoms with Crippen LogP contribution in [0.25, 0.3) is 0 Å². The summed E-state index contributed by atoms with van der Waals surface area (Å²) >= 11 is 5.12. The van der Waals surface area contributed by atoms with Crippen molar-refractivity contribution in [1.29, 1.82) is 0 Å². The summed E-state index contributed by atoms with van der Waals surface area (Å²) < 4.78 is 0. The monoisotopic (exact) mass is 352 g/mol. The maximum atomic E-state index is 11.3. The van der Waals surface area contributed by atoms with Crippen LogP contribution in [0, 0.1) is 10.1 Å². The van der Waals surface area contributed by atoms with Crippen molar-refractivity contribution in [3.8, 4) is 0 Å². The summed E-state index contributed by atoms with van der Waals surface area (Å²) in [7, 11) is 0. The van der Waals surface area contributed by atoms with Gasteiger partial charge in [0, 0.05) is 29.4 Å². The van der Waals surface area contributed by atoms with Crippen molar-refractivity contribution < 1.29 is 4.92 Å². The highest BCUT2D eigenvalue weighted by Crippen LogP contribution is 2.34. The molecular weight excluding hydrogens is 340 g/mol. The summed E-state index contributed by atoms with van der Waals surface area (Å²) in [6, 6.07) is 7.59. The molecule has 0 saturated carbocycles. The SMILES string of the molecule is O=[N+]([O-])c1cc(CBr)ccc1N1CCc2sccc2C1. The van der Waals surface area contributed by atoms with Gasteiger partial charge in [-0.05, 0) is 35.1 Å². The first-order chi connectivity index (χ1) is 9.69. The van der Waals surface area contributed by atoms with E-state index in [0.29, 0.717) is 5.33 Å². The van der Waals surface area contributed by atoms with Gasteiger partial charge in [-0.3, -0.25) is 10.1 Å². The molecule has 0 unspecified atom stereocenters. The van der Waals surface area contributed by atoms with Crippen LogP contribution in [0.15, 0.2) is 29.6 Å². The van der Waals surface area contributed by atoms with E-state index in [-0.39, 0.29) is 10.6 Å². The van der Waals surface area contributed by atoms with Gasteiger partial charge in [0.2, 0.25) is 0 Å². The van der Waals surface area contributed by atoms with E-state index < -0.39 is 0 Å². The van der Waals surface area contributed by atoms with Crippen LogP contribution in [0.3, 0.4) is 0 Å². The van der Waals surface area contributed by atoms with Gasteiger partial charge in [0.1, 0.15) is 5.69 Å². The van der Waals surface area contributed by atoms with Gasteiger partial charge in [-0.15, -0.1) is 11.3 Å². The Morgan fingerprint density at radius 2 is 2.25 bits per heavy atom. The molecule has 20 heavy (non-hydrogen) atoms. The highest BCUT2D eigenvalue weighted by Gasteiger charge is 2.24. The van der Waals surface area contributed by atoms with Crippen molar-refractivity contribution in [2.75, 3.05) is 11.4 Å². The molecule has 2 heterocycles. The normalized spacial score (nSPS) is 14.2. The van der Waals surface area contributed by atoms with Gasteiger partial charge >= 0.3 is 0 Å². The average Bonchev–Trinajstić information content (AvgIpc) is 2.93. The third-order valence-corrected chi connectivity index (χ3v) is 5.21. The van der Waals surface area contributed by atoms with Gasteiger partial charge in [0.15, 0.2) is 0 Å². The summed E-state index contributed by atoms with van der Waals surface area (Å²) in [6.45, 7) is 1.59. The molecule has 0 amide bonds. The van der Waals surface area contributed by atoms with Crippen LogP contribution < -0.4 is 4.90 Å². The minimum atomic E-state index is -0.287. The number of rotatable bonds is 3. The molecule has 0 aliphatic carbocycles. The lowest BCUT2D eigenvalue weighted by Crippen LogP contribution is -2.29. The molecule has 104 valence electrons. The lowest BCUT2D eigenvalue weighted by Gasteiger charge is -2.28. The molecule has 0 atom stereocenters. The fraction of sp³-hybridized carbons (Fsp3) is 0.286. The summed E-state index contributed by atoms with van der Waals surface area (Å²) in [5, 5.41) is 14.0. The number of fused-ring (bicyclic) bond motifs is 1. The number of nitrogens with zero attached hydrogens (tertiary/aromatic N) is 2. The number of benzene rings is 1. The third-order valence-electron chi connectivity index (χ3n) is 3.54. The molecule has 1 aliphatic rings. The second-order valence-electron chi connectivity index (χ2n) is 4.75. The molecule has 0 N–H and O–H groups in total. The lowest BCUT2D eigenvalue weighted by atomic mass is 10.1. The molecule has 0 spiro atoms. The predicted molar refractivity (Wildman–Crippen MR) is 84.8 cm³/mol. The summed E-state index contributed by atoms with van der Waals surface area (Å²) in [4.78, 5) is 14.5. The Morgan fingerprint density at radius 3 is 3.00 bits per heavy atom. The molecule has 1 aromatic heterocycles. The standard InChI is InChI=1S/C14H13BrN2O2S/c15-8-10-1-2-12(13(7-10)17(18)19)16-5-3-14-11(9-16)4-6-20-14/h1-2,4,6-7H,3,5,8-9H2. The number of nitro benzene ring substituents is 1. The zero-order chi connectivity index (χ0) is 14.1. The van der Waals surface area contributed by atoms with E-state index in [1.807, 2.05) is 12.1 Å². The van der Waals surface area contributed by atoms with E-state index in [0.717, 1.165) is 30.8 Å². The molecular formula is C14H13BrN2O2S. The zero-order valence-corrected chi connectivity index (χ0v) is 13.1. The Hall–Kier alpha value is -1.40. The van der Waals surface area contributed by atoms with E-state index in [4.69, 9.17) is 0 Å². The number of halogens is 1. The van der Waals surface area contributed by atoms with Crippen molar-refractivity contribution in [3.05, 3.63) is 55.8 Å². The molecule has 0 radical (unpaired) electrons. The van der Waals surface area contributed by atoms with Crippen molar-refractivity contribution in [2.24, 2.45) is 0 Å². The number of anilines is 1. The maximum Gasteiger partial charge on any atom is 0.292 e. The first kappa shape index (κ1) is 13.6. The number of hydrogen-bond acceptors (Lipinski definition) is 4. The largest absolute Gasteiger partial charge is 0.361 e. The molecule has 3 rings (SSSR count). The van der Waals surface area contributed by atoms with Crippen molar-refractivity contribution in [1.82, 2.24) is 0 Å². The van der Waals surface area contributed by atoms with Crippen LogP contribution in [0.1, 0.15) is 16.0 Å². The summed E-state index contributed by atoms with van der Waals surface area (Å²) in [6.07, 6.45) is 0.963. The Labute approximate surface area is 129 Å². The molecule has 1 aromatic carbocycles. The van der Waals surface area contributed by atoms with Crippen LogP contribution in [0.2, 0.25) is 0 Å². The molecule has 2 aromatic rings. The Kier molecular flexibility index (Phi) is 3.76. The van der Waals surface area contributed by atoms with Crippen LogP contribution >= 0.6 is 27.3 Å². The Bertz CT molecular complexity index is 656. The average molecular weight is 353 g/mol. The first-order valence-corrected chi connectivity index (χ1v) is 8.32. The highest BCUT2D eigenvalue weighted by atomic mass is 79.9. The zero-order valence-electron chi connectivity index (χ0n) is 10.7. The van der Waals surface area contributed by atoms with E-state index in [1.54, 1.807) is 17.4 Å². The number of nitro groups is 1. The van der Waals surface area contributed by atoms with Crippen LogP contribution in [0.5, 0.6) is 0 Å². The number of alkyl halides is 1. The minimum absolute atomic E-state index is 0.195. The van der Waals surface area contributed by atoms with Crippen molar-refractivity contribution in [2.45, 2.75) is 18.3 Å². The molecule has 0 bridgehead atoms. The Balaban J connectivity index is 1.96. The fourth-order valence-corrected chi connectivity index (χ4v) is 3.76. The van der Waals surface area contributed by atoms with E-state index in [2.05, 4.69) is 32.3 Å². The van der Waals surface area contributed by atoms with Gasteiger partial charge in [-0.25, -0.2) is 0 Å². The lowest BCUT2D eigenvalue weighted by molar-refractivity contribution is -0.384. The van der Waals surface area contributed by atoms with Crippen molar-refractivity contribution >= 4 is 38.6 Å². The van der Waals surface area contributed by atoms with Crippen molar-refractivity contribution in [3.63, 3.8) is 0 Å². The van der Waals surface area contributed by atoms with E-state index in [9.17, 15) is 10.1 Å². The summed E-state index contributed by atoms with van der Waals surface area (Å²) in [5.74, 6) is 0. The maximum absolute atomic E-state index is 11.3. The second kappa shape index (κ2) is 5.54. The van der Waals surface area contributed by atoms with Gasteiger partial charge in [0.25, 0.3) is 5.69 Å².